The summed E-state index contributed by atoms with van der Waals surface area (Å²) < 4.78 is 0. The van der Waals surface area contributed by atoms with Gasteiger partial charge in [0.1, 0.15) is 6.04 Å². The zero-order valence-corrected chi connectivity index (χ0v) is 21.7. The minimum atomic E-state index is -0.607. The molecule has 3 aromatic rings. The number of nitrogens with one attached hydrogen (secondary N) is 1. The Balaban J connectivity index is 2.00. The van der Waals surface area contributed by atoms with E-state index in [2.05, 4.69) is 23.5 Å². The van der Waals surface area contributed by atoms with Crippen LogP contribution in [0.1, 0.15) is 53.6 Å². The lowest BCUT2D eigenvalue weighted by Gasteiger charge is -2.33. The van der Waals surface area contributed by atoms with Gasteiger partial charge in [-0.15, -0.1) is 0 Å². The molecule has 2 atom stereocenters. The van der Waals surface area contributed by atoms with E-state index >= 15 is 0 Å². The van der Waals surface area contributed by atoms with Crippen LogP contribution in [0.2, 0.25) is 0 Å². The van der Waals surface area contributed by atoms with E-state index in [0.29, 0.717) is 13.0 Å². The molecule has 0 bridgehead atoms. The third-order valence-electron chi connectivity index (χ3n) is 6.51. The number of hydrogen-bond acceptors (Lipinski definition) is 2. The van der Waals surface area contributed by atoms with Crippen molar-refractivity contribution in [3.05, 3.63) is 106 Å². The van der Waals surface area contributed by atoms with Crippen molar-refractivity contribution in [2.75, 3.05) is 0 Å². The maximum atomic E-state index is 13.9. The van der Waals surface area contributed by atoms with Gasteiger partial charge >= 0.3 is 0 Å². The Hall–Kier alpha value is -3.40. The van der Waals surface area contributed by atoms with Crippen LogP contribution < -0.4 is 5.32 Å². The maximum absolute atomic E-state index is 13.9. The summed E-state index contributed by atoms with van der Waals surface area (Å²) in [6, 6.07) is 23.7. The van der Waals surface area contributed by atoms with Crippen molar-refractivity contribution in [3.8, 4) is 0 Å². The van der Waals surface area contributed by atoms with Gasteiger partial charge in [0.15, 0.2) is 0 Å². The molecule has 35 heavy (non-hydrogen) atoms. The van der Waals surface area contributed by atoms with Crippen LogP contribution in [-0.4, -0.2) is 28.8 Å². The van der Waals surface area contributed by atoms with Crippen molar-refractivity contribution in [1.29, 1.82) is 0 Å². The van der Waals surface area contributed by atoms with Crippen LogP contribution in [0.3, 0.4) is 0 Å². The normalized spacial score (nSPS) is 12.6. The molecule has 4 heteroatoms. The summed E-state index contributed by atoms with van der Waals surface area (Å²) in [4.78, 5) is 29.3. The Morgan fingerprint density at radius 3 is 2.11 bits per heavy atom. The van der Waals surface area contributed by atoms with Gasteiger partial charge in [-0.1, -0.05) is 90.8 Å². The number of rotatable bonds is 10. The summed E-state index contributed by atoms with van der Waals surface area (Å²) in [5.74, 6) is -0.149. The van der Waals surface area contributed by atoms with Gasteiger partial charge in [-0.2, -0.15) is 0 Å². The first-order chi connectivity index (χ1) is 16.8. The highest BCUT2D eigenvalue weighted by Crippen LogP contribution is 2.19. The third kappa shape index (κ3) is 7.54. The number of aryl methyl sites for hydroxylation is 3. The molecule has 0 aromatic heterocycles. The SMILES string of the molecule is CC[C@H](C)NC(=O)[C@H](Cc1ccccc1)N(Cc1ccccc1C)C(=O)Cc1cc(C)cc(C)c1. The summed E-state index contributed by atoms with van der Waals surface area (Å²) in [5.41, 5.74) is 6.43. The Morgan fingerprint density at radius 2 is 1.49 bits per heavy atom. The van der Waals surface area contributed by atoms with Gasteiger partial charge in [-0.3, -0.25) is 9.59 Å². The highest BCUT2D eigenvalue weighted by atomic mass is 16.2. The maximum Gasteiger partial charge on any atom is 0.243 e. The fourth-order valence-corrected chi connectivity index (χ4v) is 4.41. The second-order valence-corrected chi connectivity index (χ2v) is 9.64. The highest BCUT2D eigenvalue weighted by molar-refractivity contribution is 5.89. The molecular weight excluding hydrogens is 432 g/mol. The molecule has 0 aliphatic carbocycles. The molecular formula is C31H38N2O2. The largest absolute Gasteiger partial charge is 0.352 e. The predicted octanol–water partition coefficient (Wildman–Crippen LogP) is 5.71. The first-order valence-corrected chi connectivity index (χ1v) is 12.5. The molecule has 0 fully saturated rings. The summed E-state index contributed by atoms with van der Waals surface area (Å²) in [5, 5.41) is 3.13. The average Bonchev–Trinajstić information content (AvgIpc) is 2.82. The van der Waals surface area contributed by atoms with Gasteiger partial charge in [0.25, 0.3) is 0 Å². The lowest BCUT2D eigenvalue weighted by Crippen LogP contribution is -2.52. The molecule has 0 radical (unpaired) electrons. The first kappa shape index (κ1) is 26.2. The minimum absolute atomic E-state index is 0.0376. The van der Waals surface area contributed by atoms with Crippen molar-refractivity contribution in [2.45, 2.75) is 72.5 Å². The van der Waals surface area contributed by atoms with Crippen molar-refractivity contribution in [3.63, 3.8) is 0 Å². The van der Waals surface area contributed by atoms with E-state index in [-0.39, 0.29) is 24.3 Å². The van der Waals surface area contributed by atoms with E-state index in [1.165, 1.54) is 0 Å². The van der Waals surface area contributed by atoms with Gasteiger partial charge in [0, 0.05) is 19.0 Å². The topological polar surface area (TPSA) is 49.4 Å². The zero-order chi connectivity index (χ0) is 25.4. The number of nitrogens with zero attached hydrogens (tertiary/aromatic N) is 1. The first-order valence-electron chi connectivity index (χ1n) is 12.5. The lowest BCUT2D eigenvalue weighted by atomic mass is 9.99. The van der Waals surface area contributed by atoms with Crippen LogP contribution in [-0.2, 0) is 29.0 Å². The Kier molecular flexibility index (Phi) is 9.25. The van der Waals surface area contributed by atoms with E-state index < -0.39 is 6.04 Å². The molecule has 0 saturated heterocycles. The van der Waals surface area contributed by atoms with Gasteiger partial charge in [-0.25, -0.2) is 0 Å². The molecule has 4 nitrogen and oxygen atoms in total. The Bertz CT molecular complexity index is 1120. The standard InChI is InChI=1S/C31H38N2O2/c1-6-25(5)32-31(35)29(19-26-13-8-7-9-14-26)33(21-28-15-11-10-12-24(28)4)30(34)20-27-17-22(2)16-23(3)18-27/h7-18,25,29H,6,19-21H2,1-5H3,(H,32,35)/t25-,29-/m0/s1. The Labute approximate surface area is 210 Å². The van der Waals surface area contributed by atoms with Crippen LogP contribution in [0, 0.1) is 20.8 Å². The fourth-order valence-electron chi connectivity index (χ4n) is 4.41. The number of carbonyl (C=O) groups excluding carboxylic acids is 2. The van der Waals surface area contributed by atoms with E-state index in [9.17, 15) is 9.59 Å². The quantitative estimate of drug-likeness (QED) is 0.413. The number of benzene rings is 3. The van der Waals surface area contributed by atoms with Gasteiger partial charge in [0.2, 0.25) is 11.8 Å². The molecule has 2 amide bonds. The van der Waals surface area contributed by atoms with Crippen molar-refractivity contribution >= 4 is 11.8 Å². The summed E-state index contributed by atoms with van der Waals surface area (Å²) in [7, 11) is 0. The summed E-state index contributed by atoms with van der Waals surface area (Å²) in [6.45, 7) is 10.6. The smallest absolute Gasteiger partial charge is 0.243 e. The van der Waals surface area contributed by atoms with Gasteiger partial charge < -0.3 is 10.2 Å². The van der Waals surface area contributed by atoms with Crippen molar-refractivity contribution < 1.29 is 9.59 Å². The highest BCUT2D eigenvalue weighted by Gasteiger charge is 2.31. The van der Waals surface area contributed by atoms with Crippen LogP contribution in [0.25, 0.3) is 0 Å². The molecule has 0 spiro atoms. The number of amides is 2. The molecule has 184 valence electrons. The van der Waals surface area contributed by atoms with E-state index in [1.54, 1.807) is 4.90 Å². The fraction of sp³-hybridized carbons (Fsp3) is 0.355. The molecule has 0 heterocycles. The van der Waals surface area contributed by atoms with Crippen LogP contribution >= 0.6 is 0 Å². The van der Waals surface area contributed by atoms with E-state index in [0.717, 1.165) is 39.8 Å². The van der Waals surface area contributed by atoms with Gasteiger partial charge in [0.05, 0.1) is 6.42 Å². The average molecular weight is 471 g/mol. The molecule has 0 aliphatic rings. The van der Waals surface area contributed by atoms with Crippen molar-refractivity contribution in [2.24, 2.45) is 0 Å². The monoisotopic (exact) mass is 470 g/mol. The predicted molar refractivity (Wildman–Crippen MR) is 143 cm³/mol. The minimum Gasteiger partial charge on any atom is -0.352 e. The number of carbonyl (C=O) groups is 2. The van der Waals surface area contributed by atoms with Crippen LogP contribution in [0.5, 0.6) is 0 Å². The zero-order valence-electron chi connectivity index (χ0n) is 21.7. The third-order valence-corrected chi connectivity index (χ3v) is 6.51. The van der Waals surface area contributed by atoms with Gasteiger partial charge in [-0.05, 0) is 56.4 Å². The second-order valence-electron chi connectivity index (χ2n) is 9.64. The molecule has 1 N–H and O–H groups in total. The summed E-state index contributed by atoms with van der Waals surface area (Å²) in [6.07, 6.45) is 1.56. The molecule has 3 rings (SSSR count). The second kappa shape index (κ2) is 12.3. The Morgan fingerprint density at radius 1 is 0.857 bits per heavy atom. The molecule has 0 unspecified atom stereocenters. The molecule has 3 aromatic carbocycles. The van der Waals surface area contributed by atoms with Crippen molar-refractivity contribution in [1.82, 2.24) is 10.2 Å². The number of hydrogen-bond donors (Lipinski definition) is 1. The lowest BCUT2D eigenvalue weighted by molar-refractivity contribution is -0.141. The van der Waals surface area contributed by atoms with Crippen LogP contribution in [0.15, 0.2) is 72.8 Å². The van der Waals surface area contributed by atoms with E-state index in [4.69, 9.17) is 0 Å². The molecule has 0 aliphatic heterocycles. The molecule has 0 saturated carbocycles. The van der Waals surface area contributed by atoms with Crippen LogP contribution in [0.4, 0.5) is 0 Å². The van der Waals surface area contributed by atoms with E-state index in [1.807, 2.05) is 89.2 Å². The summed E-state index contributed by atoms with van der Waals surface area (Å²) >= 11 is 0.